The summed E-state index contributed by atoms with van der Waals surface area (Å²) in [4.78, 5) is 29.0. The Morgan fingerprint density at radius 2 is 2.15 bits per heavy atom. The summed E-state index contributed by atoms with van der Waals surface area (Å²) in [6, 6.07) is 4.52. The molecule has 0 bridgehead atoms. The summed E-state index contributed by atoms with van der Waals surface area (Å²) in [5, 5.41) is 3.20. The van der Waals surface area contributed by atoms with Crippen LogP contribution in [-0.2, 0) is 11.4 Å². The maximum atomic E-state index is 12.5. The SMILES string of the molecule is Cc1ncsc1COc1ccc2oc(C)c(C(=O)NC(C)C(N)=O)c2c1. The van der Waals surface area contributed by atoms with Crippen molar-refractivity contribution in [2.45, 2.75) is 33.4 Å². The molecule has 0 aliphatic heterocycles. The molecule has 0 fully saturated rings. The van der Waals surface area contributed by atoms with E-state index in [0.717, 1.165) is 10.6 Å². The number of nitrogens with zero attached hydrogens (tertiary/aromatic N) is 1. The van der Waals surface area contributed by atoms with E-state index >= 15 is 0 Å². The highest BCUT2D eigenvalue weighted by Gasteiger charge is 2.21. The van der Waals surface area contributed by atoms with Crippen molar-refractivity contribution >= 4 is 34.1 Å². The molecule has 1 unspecified atom stereocenters. The number of fused-ring (bicyclic) bond motifs is 1. The van der Waals surface area contributed by atoms with Gasteiger partial charge in [0.1, 0.15) is 29.7 Å². The number of carbonyl (C=O) groups is 2. The van der Waals surface area contributed by atoms with Crippen LogP contribution in [0.2, 0.25) is 0 Å². The molecule has 2 aromatic heterocycles. The van der Waals surface area contributed by atoms with Crippen molar-refractivity contribution in [3.8, 4) is 5.75 Å². The van der Waals surface area contributed by atoms with E-state index in [1.54, 1.807) is 30.6 Å². The molecule has 3 rings (SSSR count). The lowest BCUT2D eigenvalue weighted by Crippen LogP contribution is -2.42. The minimum atomic E-state index is -0.777. The van der Waals surface area contributed by atoms with Gasteiger partial charge < -0.3 is 20.2 Å². The fourth-order valence-electron chi connectivity index (χ4n) is 2.52. The van der Waals surface area contributed by atoms with Crippen molar-refractivity contribution in [2.24, 2.45) is 5.73 Å². The number of ether oxygens (including phenoxy) is 1. The van der Waals surface area contributed by atoms with Crippen LogP contribution in [0.5, 0.6) is 5.75 Å². The van der Waals surface area contributed by atoms with E-state index in [1.807, 2.05) is 6.92 Å². The molecule has 7 nitrogen and oxygen atoms in total. The zero-order valence-corrected chi connectivity index (χ0v) is 15.5. The fourth-order valence-corrected chi connectivity index (χ4v) is 3.21. The zero-order chi connectivity index (χ0) is 18.8. The highest BCUT2D eigenvalue weighted by atomic mass is 32.1. The molecule has 3 N–H and O–H groups in total. The second-order valence-electron chi connectivity index (χ2n) is 5.94. The Morgan fingerprint density at radius 3 is 2.81 bits per heavy atom. The van der Waals surface area contributed by atoms with Crippen LogP contribution >= 0.6 is 11.3 Å². The van der Waals surface area contributed by atoms with Crippen molar-refractivity contribution in [1.29, 1.82) is 0 Å². The van der Waals surface area contributed by atoms with Gasteiger partial charge >= 0.3 is 0 Å². The summed E-state index contributed by atoms with van der Waals surface area (Å²) in [5.74, 6) is 0.0588. The smallest absolute Gasteiger partial charge is 0.256 e. The molecule has 2 amide bonds. The average Bonchev–Trinajstić information content (AvgIpc) is 3.14. The Labute approximate surface area is 154 Å². The van der Waals surface area contributed by atoms with Crippen molar-refractivity contribution < 1.29 is 18.7 Å². The van der Waals surface area contributed by atoms with E-state index in [-0.39, 0.29) is 0 Å². The molecule has 0 radical (unpaired) electrons. The van der Waals surface area contributed by atoms with E-state index < -0.39 is 17.9 Å². The minimum Gasteiger partial charge on any atom is -0.488 e. The first kappa shape index (κ1) is 17.9. The van der Waals surface area contributed by atoms with Crippen LogP contribution in [0.15, 0.2) is 28.1 Å². The minimum absolute atomic E-state index is 0.368. The second-order valence-corrected chi connectivity index (χ2v) is 6.88. The van der Waals surface area contributed by atoms with Gasteiger partial charge in [0.25, 0.3) is 5.91 Å². The first-order chi connectivity index (χ1) is 12.4. The van der Waals surface area contributed by atoms with Crippen molar-refractivity contribution in [3.05, 3.63) is 45.6 Å². The molecular formula is C18H19N3O4S. The van der Waals surface area contributed by atoms with E-state index in [9.17, 15) is 9.59 Å². The van der Waals surface area contributed by atoms with Crippen LogP contribution in [0.25, 0.3) is 11.0 Å². The monoisotopic (exact) mass is 373 g/mol. The maximum Gasteiger partial charge on any atom is 0.256 e. The first-order valence-corrected chi connectivity index (χ1v) is 8.90. The number of aromatic nitrogens is 1. The summed E-state index contributed by atoms with van der Waals surface area (Å²) < 4.78 is 11.5. The van der Waals surface area contributed by atoms with Crippen LogP contribution in [-0.4, -0.2) is 22.8 Å². The number of primary amides is 1. The zero-order valence-electron chi connectivity index (χ0n) is 14.7. The molecule has 2 heterocycles. The predicted molar refractivity (Wildman–Crippen MR) is 98.3 cm³/mol. The predicted octanol–water partition coefficient (Wildman–Crippen LogP) is 2.69. The third-order valence-electron chi connectivity index (χ3n) is 4.05. The molecule has 0 aliphatic carbocycles. The van der Waals surface area contributed by atoms with E-state index in [0.29, 0.717) is 34.6 Å². The van der Waals surface area contributed by atoms with E-state index in [1.165, 1.54) is 18.3 Å². The van der Waals surface area contributed by atoms with Crippen LogP contribution < -0.4 is 15.8 Å². The highest BCUT2D eigenvalue weighted by Crippen LogP contribution is 2.30. The number of rotatable bonds is 6. The van der Waals surface area contributed by atoms with Gasteiger partial charge in [-0.05, 0) is 39.0 Å². The van der Waals surface area contributed by atoms with E-state index in [2.05, 4.69) is 10.3 Å². The highest BCUT2D eigenvalue weighted by molar-refractivity contribution is 7.09. The van der Waals surface area contributed by atoms with Crippen molar-refractivity contribution in [1.82, 2.24) is 10.3 Å². The van der Waals surface area contributed by atoms with Gasteiger partial charge in [0, 0.05) is 5.39 Å². The number of thiazole rings is 1. The Hall–Kier alpha value is -2.87. The first-order valence-electron chi connectivity index (χ1n) is 8.02. The number of furan rings is 1. The normalized spacial score (nSPS) is 12.1. The fraction of sp³-hybridized carbons (Fsp3) is 0.278. The third kappa shape index (κ3) is 3.55. The van der Waals surface area contributed by atoms with Gasteiger partial charge in [-0.1, -0.05) is 0 Å². The number of nitrogens with one attached hydrogen (secondary N) is 1. The Balaban J connectivity index is 1.87. The summed E-state index contributed by atoms with van der Waals surface area (Å²) in [7, 11) is 0. The standard InChI is InChI=1S/C18H19N3O4S/c1-9-15(26-8-20-9)7-24-12-4-5-14-13(6-12)16(11(3)25-14)18(23)21-10(2)17(19)22/h4-6,8,10H,7H2,1-3H3,(H2,19,22)(H,21,23). The quantitative estimate of drug-likeness (QED) is 0.691. The summed E-state index contributed by atoms with van der Waals surface area (Å²) >= 11 is 1.53. The molecule has 0 saturated heterocycles. The van der Waals surface area contributed by atoms with Crippen molar-refractivity contribution in [3.63, 3.8) is 0 Å². The third-order valence-corrected chi connectivity index (χ3v) is 4.96. The topological polar surface area (TPSA) is 107 Å². The summed E-state index contributed by atoms with van der Waals surface area (Å²) in [6.45, 7) is 5.56. The Kier molecular flexibility index (Phi) is 4.94. The number of benzene rings is 1. The number of carbonyl (C=O) groups excluding carboxylic acids is 2. The van der Waals surface area contributed by atoms with Crippen LogP contribution in [0.4, 0.5) is 0 Å². The molecule has 1 aromatic carbocycles. The number of aryl methyl sites for hydroxylation is 2. The molecular weight excluding hydrogens is 354 g/mol. The molecule has 8 heteroatoms. The maximum absolute atomic E-state index is 12.5. The largest absolute Gasteiger partial charge is 0.488 e. The number of hydrogen-bond acceptors (Lipinski definition) is 6. The molecule has 3 aromatic rings. The number of hydrogen-bond donors (Lipinski definition) is 2. The van der Waals surface area contributed by atoms with Crippen LogP contribution in [0.1, 0.15) is 33.6 Å². The molecule has 0 saturated carbocycles. The molecule has 136 valence electrons. The molecule has 1 atom stereocenters. The van der Waals surface area contributed by atoms with Gasteiger partial charge in [-0.25, -0.2) is 4.98 Å². The molecule has 0 aliphatic rings. The van der Waals surface area contributed by atoms with Gasteiger partial charge in [0.15, 0.2) is 0 Å². The number of amides is 2. The average molecular weight is 373 g/mol. The van der Waals surface area contributed by atoms with Gasteiger partial charge in [0.2, 0.25) is 5.91 Å². The van der Waals surface area contributed by atoms with Crippen LogP contribution in [0, 0.1) is 13.8 Å². The lowest BCUT2D eigenvalue weighted by Gasteiger charge is -2.10. The molecule has 0 spiro atoms. The van der Waals surface area contributed by atoms with Crippen molar-refractivity contribution in [2.75, 3.05) is 0 Å². The van der Waals surface area contributed by atoms with E-state index in [4.69, 9.17) is 14.9 Å². The van der Waals surface area contributed by atoms with Gasteiger partial charge in [-0.3, -0.25) is 9.59 Å². The lowest BCUT2D eigenvalue weighted by atomic mass is 10.1. The summed E-state index contributed by atoms with van der Waals surface area (Å²) in [6.07, 6.45) is 0. The molecule has 26 heavy (non-hydrogen) atoms. The van der Waals surface area contributed by atoms with Gasteiger partial charge in [-0.15, -0.1) is 11.3 Å². The number of nitrogens with two attached hydrogens (primary N) is 1. The lowest BCUT2D eigenvalue weighted by molar-refractivity contribution is -0.119. The Morgan fingerprint density at radius 1 is 1.38 bits per heavy atom. The van der Waals surface area contributed by atoms with Gasteiger partial charge in [0.05, 0.1) is 21.6 Å². The summed E-state index contributed by atoms with van der Waals surface area (Å²) in [5.41, 5.74) is 8.86. The van der Waals surface area contributed by atoms with Crippen LogP contribution in [0.3, 0.4) is 0 Å². The van der Waals surface area contributed by atoms with Gasteiger partial charge in [-0.2, -0.15) is 0 Å². The Bertz CT molecular complexity index is 976. The second kappa shape index (κ2) is 7.17.